The standard InChI is InChI=1S/C13H25N3O2/c1-14-6-3-11(4-7-14)12(10-17)9-16-13(18)5-8-15(16)2/h11-12,17H,3-10H2,1-2H3. The third-order valence-electron chi connectivity index (χ3n) is 4.42. The summed E-state index contributed by atoms with van der Waals surface area (Å²) in [5, 5.41) is 13.4. The first-order valence-electron chi connectivity index (χ1n) is 6.92. The molecule has 18 heavy (non-hydrogen) atoms. The van der Waals surface area contributed by atoms with Crippen LogP contribution < -0.4 is 0 Å². The maximum atomic E-state index is 11.8. The number of hydrogen-bond acceptors (Lipinski definition) is 4. The summed E-state index contributed by atoms with van der Waals surface area (Å²) >= 11 is 0. The first kappa shape index (κ1) is 13.8. The van der Waals surface area contributed by atoms with E-state index >= 15 is 0 Å². The van der Waals surface area contributed by atoms with Gasteiger partial charge in [0, 0.05) is 39.1 Å². The summed E-state index contributed by atoms with van der Waals surface area (Å²) in [4.78, 5) is 14.1. The fraction of sp³-hybridized carbons (Fsp3) is 0.923. The van der Waals surface area contributed by atoms with Gasteiger partial charge in [-0.15, -0.1) is 0 Å². The molecule has 2 heterocycles. The molecule has 0 bridgehead atoms. The summed E-state index contributed by atoms with van der Waals surface area (Å²) in [6.45, 7) is 3.88. The molecule has 5 nitrogen and oxygen atoms in total. The van der Waals surface area contributed by atoms with Crippen LogP contribution in [0.2, 0.25) is 0 Å². The Morgan fingerprint density at radius 3 is 2.44 bits per heavy atom. The van der Waals surface area contributed by atoms with Gasteiger partial charge in [0.15, 0.2) is 0 Å². The average Bonchev–Trinajstić information content (AvgIpc) is 2.68. The molecule has 1 amide bonds. The Kier molecular flexibility index (Phi) is 4.59. The van der Waals surface area contributed by atoms with Gasteiger partial charge >= 0.3 is 0 Å². The number of carbonyl (C=O) groups excluding carboxylic acids is 1. The van der Waals surface area contributed by atoms with Crippen molar-refractivity contribution in [3.05, 3.63) is 0 Å². The molecule has 0 aliphatic carbocycles. The number of likely N-dealkylation sites (tertiary alicyclic amines) is 1. The molecular weight excluding hydrogens is 230 g/mol. The van der Waals surface area contributed by atoms with E-state index in [0.717, 1.165) is 32.5 Å². The van der Waals surface area contributed by atoms with Crippen LogP contribution in [0.1, 0.15) is 19.3 Å². The second-order valence-electron chi connectivity index (χ2n) is 5.69. The van der Waals surface area contributed by atoms with Gasteiger partial charge in [0.2, 0.25) is 5.91 Å². The zero-order valence-corrected chi connectivity index (χ0v) is 11.5. The minimum atomic E-state index is 0.187. The lowest BCUT2D eigenvalue weighted by Crippen LogP contribution is -2.44. The average molecular weight is 255 g/mol. The Morgan fingerprint density at radius 1 is 1.28 bits per heavy atom. The minimum Gasteiger partial charge on any atom is -0.396 e. The van der Waals surface area contributed by atoms with Crippen molar-refractivity contribution in [1.29, 1.82) is 0 Å². The Balaban J connectivity index is 1.90. The van der Waals surface area contributed by atoms with Gasteiger partial charge in [-0.3, -0.25) is 9.80 Å². The van der Waals surface area contributed by atoms with Crippen LogP contribution in [0.5, 0.6) is 0 Å². The van der Waals surface area contributed by atoms with Crippen molar-refractivity contribution in [2.45, 2.75) is 19.3 Å². The number of aliphatic hydroxyl groups excluding tert-OH is 1. The number of nitrogens with zero attached hydrogens (tertiary/aromatic N) is 3. The summed E-state index contributed by atoms with van der Waals surface area (Å²) in [6, 6.07) is 0. The second-order valence-corrected chi connectivity index (χ2v) is 5.69. The van der Waals surface area contributed by atoms with Gasteiger partial charge in [-0.05, 0) is 38.9 Å². The van der Waals surface area contributed by atoms with Crippen molar-refractivity contribution in [1.82, 2.24) is 14.9 Å². The summed E-state index contributed by atoms with van der Waals surface area (Å²) < 4.78 is 0. The third kappa shape index (κ3) is 3.02. The predicted molar refractivity (Wildman–Crippen MR) is 69.8 cm³/mol. The molecule has 2 aliphatic rings. The van der Waals surface area contributed by atoms with Crippen molar-refractivity contribution >= 4 is 5.91 Å². The first-order valence-corrected chi connectivity index (χ1v) is 6.92. The second kappa shape index (κ2) is 5.99. The number of hydrogen-bond donors (Lipinski definition) is 1. The summed E-state index contributed by atoms with van der Waals surface area (Å²) in [6.07, 6.45) is 2.88. The SMILES string of the molecule is CN1CCC(C(CO)CN2C(=O)CCN2C)CC1. The normalized spacial score (nSPS) is 25.9. The van der Waals surface area contributed by atoms with E-state index in [1.807, 2.05) is 17.1 Å². The molecule has 104 valence electrons. The Hall–Kier alpha value is -0.650. The number of aliphatic hydroxyl groups is 1. The molecule has 1 unspecified atom stereocenters. The van der Waals surface area contributed by atoms with Crippen LogP contribution in [0.4, 0.5) is 0 Å². The van der Waals surface area contributed by atoms with Crippen LogP contribution in [-0.4, -0.2) is 72.8 Å². The molecule has 0 aromatic rings. The Bertz CT molecular complexity index is 290. The maximum absolute atomic E-state index is 11.8. The highest BCUT2D eigenvalue weighted by atomic mass is 16.3. The van der Waals surface area contributed by atoms with Gasteiger partial charge < -0.3 is 10.0 Å². The number of piperidine rings is 1. The van der Waals surface area contributed by atoms with Crippen LogP contribution in [0.3, 0.4) is 0 Å². The smallest absolute Gasteiger partial charge is 0.238 e. The minimum absolute atomic E-state index is 0.187. The number of amides is 1. The quantitative estimate of drug-likeness (QED) is 0.769. The monoisotopic (exact) mass is 255 g/mol. The molecule has 1 N–H and O–H groups in total. The van der Waals surface area contributed by atoms with Crippen LogP contribution in [0.15, 0.2) is 0 Å². The molecule has 2 aliphatic heterocycles. The van der Waals surface area contributed by atoms with E-state index in [4.69, 9.17) is 0 Å². The van der Waals surface area contributed by atoms with Crippen molar-refractivity contribution in [3.8, 4) is 0 Å². The van der Waals surface area contributed by atoms with E-state index in [1.54, 1.807) is 0 Å². The topological polar surface area (TPSA) is 47.0 Å². The van der Waals surface area contributed by atoms with Crippen molar-refractivity contribution in [2.75, 3.05) is 46.9 Å². The van der Waals surface area contributed by atoms with Crippen molar-refractivity contribution < 1.29 is 9.90 Å². The number of rotatable bonds is 4. The lowest BCUT2D eigenvalue weighted by Gasteiger charge is -2.36. The van der Waals surface area contributed by atoms with Gasteiger partial charge in [0.1, 0.15) is 0 Å². The van der Waals surface area contributed by atoms with Gasteiger partial charge in [0.25, 0.3) is 0 Å². The highest BCUT2D eigenvalue weighted by Crippen LogP contribution is 2.26. The molecule has 0 aromatic heterocycles. The van der Waals surface area contributed by atoms with Crippen LogP contribution in [-0.2, 0) is 4.79 Å². The molecule has 0 aromatic carbocycles. The maximum Gasteiger partial charge on any atom is 0.238 e. The zero-order valence-electron chi connectivity index (χ0n) is 11.5. The molecule has 1 atom stereocenters. The van der Waals surface area contributed by atoms with Crippen LogP contribution in [0, 0.1) is 11.8 Å². The molecule has 2 saturated heterocycles. The van der Waals surface area contributed by atoms with Gasteiger partial charge in [0.05, 0.1) is 0 Å². The Morgan fingerprint density at radius 2 is 1.94 bits per heavy atom. The zero-order chi connectivity index (χ0) is 13.1. The van der Waals surface area contributed by atoms with E-state index < -0.39 is 0 Å². The van der Waals surface area contributed by atoms with Crippen LogP contribution in [0.25, 0.3) is 0 Å². The van der Waals surface area contributed by atoms with E-state index in [2.05, 4.69) is 11.9 Å². The van der Waals surface area contributed by atoms with Gasteiger partial charge in [-0.1, -0.05) is 0 Å². The highest BCUT2D eigenvalue weighted by molar-refractivity contribution is 5.77. The molecule has 5 heteroatoms. The van der Waals surface area contributed by atoms with E-state index in [9.17, 15) is 9.90 Å². The van der Waals surface area contributed by atoms with Crippen LogP contribution >= 0.6 is 0 Å². The lowest BCUT2D eigenvalue weighted by molar-refractivity contribution is -0.138. The highest BCUT2D eigenvalue weighted by Gasteiger charge is 2.32. The molecule has 0 spiro atoms. The molecule has 2 fully saturated rings. The van der Waals surface area contributed by atoms with E-state index in [0.29, 0.717) is 18.9 Å². The largest absolute Gasteiger partial charge is 0.396 e. The van der Waals surface area contributed by atoms with E-state index in [-0.39, 0.29) is 18.4 Å². The van der Waals surface area contributed by atoms with Crippen molar-refractivity contribution in [2.24, 2.45) is 11.8 Å². The van der Waals surface area contributed by atoms with E-state index in [1.165, 1.54) is 0 Å². The fourth-order valence-electron chi connectivity index (χ4n) is 3.02. The first-order chi connectivity index (χ1) is 8.61. The Labute approximate surface area is 109 Å². The summed E-state index contributed by atoms with van der Waals surface area (Å²) in [5.74, 6) is 0.972. The fourth-order valence-corrected chi connectivity index (χ4v) is 3.02. The van der Waals surface area contributed by atoms with Gasteiger partial charge in [-0.2, -0.15) is 0 Å². The van der Waals surface area contributed by atoms with Gasteiger partial charge in [-0.25, -0.2) is 5.01 Å². The lowest BCUT2D eigenvalue weighted by atomic mass is 9.84. The number of hydrazine groups is 1. The molecular formula is C13H25N3O2. The molecule has 2 rings (SSSR count). The van der Waals surface area contributed by atoms with Crippen molar-refractivity contribution in [3.63, 3.8) is 0 Å². The molecule has 0 saturated carbocycles. The third-order valence-corrected chi connectivity index (χ3v) is 4.42. The number of carbonyl (C=O) groups is 1. The summed E-state index contributed by atoms with van der Waals surface area (Å²) in [5.41, 5.74) is 0. The molecule has 0 radical (unpaired) electrons. The summed E-state index contributed by atoms with van der Waals surface area (Å²) in [7, 11) is 4.09. The predicted octanol–water partition coefficient (Wildman–Crippen LogP) is 0.0158.